The first-order valence-electron chi connectivity index (χ1n) is 13.0. The molecule has 0 aliphatic carbocycles. The predicted octanol–water partition coefficient (Wildman–Crippen LogP) is 8.48. The number of hydrogen-bond acceptors (Lipinski definition) is 4. The van der Waals surface area contributed by atoms with Crippen LogP contribution in [0.4, 0.5) is 17.6 Å². The average Bonchev–Trinajstić information content (AvgIpc) is 3.03. The molecular formula is C33H27BBr2F4O4. The number of benzene rings is 5. The van der Waals surface area contributed by atoms with Gasteiger partial charge in [0.1, 0.15) is 29.0 Å². The fraction of sp³-hybridized carbons (Fsp3) is 0.0909. The van der Waals surface area contributed by atoms with E-state index in [4.69, 9.17) is 19.5 Å². The molecule has 0 aliphatic rings. The molecule has 2 N–H and O–H groups in total. The summed E-state index contributed by atoms with van der Waals surface area (Å²) in [4.78, 5) is 0. The molecule has 5 aromatic rings. The van der Waals surface area contributed by atoms with Crippen molar-refractivity contribution < 1.29 is 37.1 Å². The van der Waals surface area contributed by atoms with Gasteiger partial charge in [-0.15, -0.1) is 0 Å². The van der Waals surface area contributed by atoms with Crippen molar-refractivity contribution in [3.63, 3.8) is 0 Å². The molecule has 228 valence electrons. The summed E-state index contributed by atoms with van der Waals surface area (Å²) in [7, 11) is 1.51. The van der Waals surface area contributed by atoms with Gasteiger partial charge >= 0.3 is 7.12 Å². The largest absolute Gasteiger partial charge is 0.497 e. The SMILES string of the molecule is COc1ccccc1-c1c(F)ccc(-c2ccccc2C)c1F.COc1ccccc1B(O)O.Fc1ccc(Br)c(F)c1Br. The molecule has 11 heteroatoms. The number of para-hydroxylation sites is 2. The standard InChI is InChI=1S/C20H16F2O.C7H9BO3.C6H2Br2F2/c1-13-7-3-4-8-14(13)15-11-12-17(21)19(20(15)22)16-9-5-6-10-18(16)23-2;1-11-7-5-3-2-4-6(7)8(9)10;7-3-1-2-4(9)5(8)6(3)10/h3-12H,1-2H3;2-5,9-10H,1H3;1-2H. The van der Waals surface area contributed by atoms with Crippen molar-refractivity contribution in [3.05, 3.63) is 135 Å². The van der Waals surface area contributed by atoms with Crippen molar-refractivity contribution in [2.45, 2.75) is 6.92 Å². The minimum Gasteiger partial charge on any atom is -0.497 e. The monoisotopic (exact) mass is 732 g/mol. The van der Waals surface area contributed by atoms with Crippen LogP contribution < -0.4 is 14.9 Å². The van der Waals surface area contributed by atoms with Crippen LogP contribution >= 0.6 is 31.9 Å². The second-order valence-corrected chi connectivity index (χ2v) is 10.7. The molecular weight excluding hydrogens is 707 g/mol. The number of ether oxygens (including phenoxy) is 2. The van der Waals surface area contributed by atoms with Crippen LogP contribution in [0.15, 0.2) is 106 Å². The summed E-state index contributed by atoms with van der Waals surface area (Å²) in [5, 5.41) is 17.6. The maximum Gasteiger partial charge on any atom is 0.492 e. The van der Waals surface area contributed by atoms with Crippen molar-refractivity contribution in [1.82, 2.24) is 0 Å². The summed E-state index contributed by atoms with van der Waals surface area (Å²) in [6.07, 6.45) is 0. The van der Waals surface area contributed by atoms with E-state index >= 15 is 4.39 Å². The molecule has 0 saturated carbocycles. The summed E-state index contributed by atoms with van der Waals surface area (Å²) in [5.41, 5.74) is 2.79. The van der Waals surface area contributed by atoms with Crippen molar-refractivity contribution in [1.29, 1.82) is 0 Å². The lowest BCUT2D eigenvalue weighted by molar-refractivity contribution is 0.403. The summed E-state index contributed by atoms with van der Waals surface area (Å²) in [6, 6.07) is 26.3. The van der Waals surface area contributed by atoms with E-state index in [0.717, 1.165) is 11.1 Å². The molecule has 5 rings (SSSR count). The van der Waals surface area contributed by atoms with Gasteiger partial charge in [-0.3, -0.25) is 0 Å². The van der Waals surface area contributed by atoms with Gasteiger partial charge in [-0.05, 0) is 86.3 Å². The van der Waals surface area contributed by atoms with E-state index in [1.165, 1.54) is 38.5 Å². The third-order valence-corrected chi connectivity index (χ3v) is 7.65. The molecule has 0 bridgehead atoms. The molecule has 4 nitrogen and oxygen atoms in total. The Morgan fingerprint density at radius 2 is 1.14 bits per heavy atom. The van der Waals surface area contributed by atoms with Gasteiger partial charge in [-0.25, -0.2) is 17.6 Å². The zero-order valence-electron chi connectivity index (χ0n) is 23.8. The summed E-state index contributed by atoms with van der Waals surface area (Å²) in [5.74, 6) is -1.47. The third kappa shape index (κ3) is 8.50. The minimum absolute atomic E-state index is 0.0665. The number of aryl methyl sites for hydroxylation is 1. The van der Waals surface area contributed by atoms with E-state index < -0.39 is 30.4 Å². The van der Waals surface area contributed by atoms with Crippen LogP contribution in [0.2, 0.25) is 0 Å². The first-order valence-corrected chi connectivity index (χ1v) is 14.6. The van der Waals surface area contributed by atoms with Crippen molar-refractivity contribution in [3.8, 4) is 33.8 Å². The van der Waals surface area contributed by atoms with E-state index in [1.54, 1.807) is 48.5 Å². The summed E-state index contributed by atoms with van der Waals surface area (Å²) >= 11 is 5.66. The lowest BCUT2D eigenvalue weighted by Crippen LogP contribution is -2.30. The zero-order valence-corrected chi connectivity index (χ0v) is 27.0. The lowest BCUT2D eigenvalue weighted by atomic mass is 9.80. The fourth-order valence-electron chi connectivity index (χ4n) is 4.12. The normalized spacial score (nSPS) is 10.2. The van der Waals surface area contributed by atoms with Gasteiger partial charge in [0.05, 0.1) is 28.7 Å². The van der Waals surface area contributed by atoms with Crippen LogP contribution in [0, 0.1) is 30.2 Å². The Labute approximate surface area is 270 Å². The maximum atomic E-state index is 15.1. The number of halogens is 6. The molecule has 44 heavy (non-hydrogen) atoms. The number of rotatable bonds is 5. The first kappa shape index (κ1) is 34.9. The first-order chi connectivity index (χ1) is 21.0. The number of hydrogen-bond donors (Lipinski definition) is 2. The van der Waals surface area contributed by atoms with Crippen LogP contribution in [0.1, 0.15) is 5.56 Å². The van der Waals surface area contributed by atoms with Gasteiger partial charge in [0.15, 0.2) is 5.82 Å². The highest BCUT2D eigenvalue weighted by molar-refractivity contribution is 9.11. The molecule has 0 aliphatic heterocycles. The van der Waals surface area contributed by atoms with E-state index in [-0.39, 0.29) is 14.5 Å². The van der Waals surface area contributed by atoms with E-state index in [9.17, 15) is 13.2 Å². The molecule has 0 radical (unpaired) electrons. The Bertz CT molecular complexity index is 1690. The molecule has 0 heterocycles. The van der Waals surface area contributed by atoms with Crippen LogP contribution in [0.5, 0.6) is 11.5 Å². The van der Waals surface area contributed by atoms with Gasteiger partial charge in [-0.1, -0.05) is 60.7 Å². The Morgan fingerprint density at radius 1 is 0.591 bits per heavy atom. The Balaban J connectivity index is 0.000000209. The van der Waals surface area contributed by atoms with Gasteiger partial charge < -0.3 is 19.5 Å². The highest BCUT2D eigenvalue weighted by Crippen LogP contribution is 2.38. The maximum absolute atomic E-state index is 15.1. The molecule has 0 amide bonds. The van der Waals surface area contributed by atoms with E-state index in [0.29, 0.717) is 28.1 Å². The zero-order chi connectivity index (χ0) is 32.4. The van der Waals surface area contributed by atoms with Crippen molar-refractivity contribution in [2.75, 3.05) is 14.2 Å². The lowest BCUT2D eigenvalue weighted by Gasteiger charge is -2.14. The average molecular weight is 734 g/mol. The Hall–Kier alpha value is -3.64. The Morgan fingerprint density at radius 3 is 1.70 bits per heavy atom. The van der Waals surface area contributed by atoms with Crippen LogP contribution in [-0.2, 0) is 0 Å². The molecule has 0 unspecified atom stereocenters. The van der Waals surface area contributed by atoms with Crippen LogP contribution in [-0.4, -0.2) is 31.4 Å². The van der Waals surface area contributed by atoms with Crippen molar-refractivity contribution >= 4 is 44.4 Å². The molecule has 0 saturated heterocycles. The smallest absolute Gasteiger partial charge is 0.492 e. The molecule has 0 aromatic heterocycles. The molecule has 0 spiro atoms. The topological polar surface area (TPSA) is 58.9 Å². The van der Waals surface area contributed by atoms with E-state index in [1.807, 2.05) is 31.2 Å². The third-order valence-electron chi connectivity index (χ3n) is 6.31. The van der Waals surface area contributed by atoms with E-state index in [2.05, 4.69) is 31.9 Å². The highest BCUT2D eigenvalue weighted by atomic mass is 79.9. The van der Waals surface area contributed by atoms with Gasteiger partial charge in [-0.2, -0.15) is 0 Å². The predicted molar refractivity (Wildman–Crippen MR) is 173 cm³/mol. The molecule has 5 aromatic carbocycles. The fourth-order valence-corrected chi connectivity index (χ4v) is 5.06. The summed E-state index contributed by atoms with van der Waals surface area (Å²) in [6.45, 7) is 1.90. The van der Waals surface area contributed by atoms with Crippen LogP contribution in [0.3, 0.4) is 0 Å². The summed E-state index contributed by atoms with van der Waals surface area (Å²) < 4.78 is 64.8. The molecule has 0 fully saturated rings. The van der Waals surface area contributed by atoms with Crippen LogP contribution in [0.25, 0.3) is 22.3 Å². The van der Waals surface area contributed by atoms with Gasteiger partial charge in [0.25, 0.3) is 0 Å². The molecule has 0 atom stereocenters. The van der Waals surface area contributed by atoms with Gasteiger partial charge in [0.2, 0.25) is 0 Å². The minimum atomic E-state index is -1.47. The number of methoxy groups -OCH3 is 2. The highest BCUT2D eigenvalue weighted by Gasteiger charge is 2.20. The Kier molecular flexibility index (Phi) is 13.0. The quantitative estimate of drug-likeness (QED) is 0.0824. The van der Waals surface area contributed by atoms with Crippen molar-refractivity contribution in [2.24, 2.45) is 0 Å². The second kappa shape index (κ2) is 16.4. The van der Waals surface area contributed by atoms with Gasteiger partial charge in [0, 0.05) is 16.6 Å². The second-order valence-electron chi connectivity index (χ2n) is 9.07.